The van der Waals surface area contributed by atoms with E-state index in [1.165, 1.54) is 0 Å². The van der Waals surface area contributed by atoms with E-state index >= 15 is 0 Å². The average Bonchev–Trinajstić information content (AvgIpc) is 3.11. The third kappa shape index (κ3) is 5.12. The van der Waals surface area contributed by atoms with Crippen LogP contribution in [0.25, 0.3) is 11.4 Å². The van der Waals surface area contributed by atoms with Gasteiger partial charge in [-0.1, -0.05) is 28.4 Å². The van der Waals surface area contributed by atoms with Gasteiger partial charge < -0.3 is 20.3 Å². The zero-order valence-electron chi connectivity index (χ0n) is 14.4. The summed E-state index contributed by atoms with van der Waals surface area (Å²) in [6.45, 7) is 0.394. The number of nitrogens with one attached hydrogen (secondary N) is 1. The van der Waals surface area contributed by atoms with Gasteiger partial charge in [-0.05, 0) is 42.5 Å². The Kier molecular flexibility index (Phi) is 6.16. The molecule has 3 rings (SSSR count). The highest BCUT2D eigenvalue weighted by atomic mass is 35.5. The lowest BCUT2D eigenvalue weighted by Crippen LogP contribution is -2.23. The van der Waals surface area contributed by atoms with Gasteiger partial charge in [0.05, 0.1) is 18.7 Å². The molecule has 0 saturated carbocycles. The highest BCUT2D eigenvalue weighted by Crippen LogP contribution is 2.27. The summed E-state index contributed by atoms with van der Waals surface area (Å²) in [4.78, 5) is 8.58. The quantitative estimate of drug-likeness (QED) is 0.474. The maximum absolute atomic E-state index is 6.08. The van der Waals surface area contributed by atoms with Gasteiger partial charge in [0.25, 0.3) is 0 Å². The van der Waals surface area contributed by atoms with E-state index in [1.807, 2.05) is 12.1 Å². The molecule has 3 N–H and O–H groups in total. The van der Waals surface area contributed by atoms with Crippen LogP contribution in [0.15, 0.2) is 52.0 Å². The molecular formula is C18H17Cl2N5O2. The third-order valence-corrected chi connectivity index (χ3v) is 4.15. The van der Waals surface area contributed by atoms with Crippen LogP contribution in [0.4, 0.5) is 5.69 Å². The largest absolute Gasteiger partial charge is 0.495 e. The van der Waals surface area contributed by atoms with Crippen LogP contribution in [-0.2, 0) is 6.42 Å². The van der Waals surface area contributed by atoms with Gasteiger partial charge in [0.1, 0.15) is 5.75 Å². The van der Waals surface area contributed by atoms with Crippen LogP contribution in [0.1, 0.15) is 5.89 Å². The molecule has 0 radical (unpaired) electrons. The van der Waals surface area contributed by atoms with Crippen LogP contribution in [0.2, 0.25) is 10.0 Å². The molecule has 2 aromatic carbocycles. The minimum atomic E-state index is 0.258. The second kappa shape index (κ2) is 8.75. The van der Waals surface area contributed by atoms with Gasteiger partial charge in [-0.15, -0.1) is 0 Å². The normalized spacial score (nSPS) is 11.4. The lowest BCUT2D eigenvalue weighted by Gasteiger charge is -2.08. The number of ether oxygens (including phenoxy) is 1. The average molecular weight is 406 g/mol. The first-order valence-electron chi connectivity index (χ1n) is 8.04. The second-order valence-electron chi connectivity index (χ2n) is 5.51. The number of anilines is 1. The van der Waals surface area contributed by atoms with Crippen molar-refractivity contribution in [2.75, 3.05) is 19.0 Å². The van der Waals surface area contributed by atoms with E-state index in [4.69, 9.17) is 38.2 Å². The molecule has 0 saturated heterocycles. The van der Waals surface area contributed by atoms with Gasteiger partial charge in [0.2, 0.25) is 11.7 Å². The van der Waals surface area contributed by atoms with Crippen molar-refractivity contribution in [1.29, 1.82) is 0 Å². The number of aromatic nitrogens is 2. The van der Waals surface area contributed by atoms with Gasteiger partial charge in [0, 0.05) is 22.7 Å². The fraction of sp³-hybridized carbons (Fsp3) is 0.167. The Balaban J connectivity index is 1.55. The fourth-order valence-electron chi connectivity index (χ4n) is 2.28. The van der Waals surface area contributed by atoms with Crippen molar-refractivity contribution >= 4 is 34.8 Å². The number of guanidine groups is 1. The van der Waals surface area contributed by atoms with Crippen LogP contribution >= 0.6 is 23.2 Å². The van der Waals surface area contributed by atoms with Gasteiger partial charge in [-0.2, -0.15) is 4.98 Å². The minimum Gasteiger partial charge on any atom is -0.495 e. The maximum atomic E-state index is 6.08. The predicted molar refractivity (Wildman–Crippen MR) is 107 cm³/mol. The van der Waals surface area contributed by atoms with E-state index in [0.29, 0.717) is 46.2 Å². The summed E-state index contributed by atoms with van der Waals surface area (Å²) in [6, 6.07) is 12.5. The summed E-state index contributed by atoms with van der Waals surface area (Å²) in [5.74, 6) is 1.83. The number of hydrogen-bond acceptors (Lipinski definition) is 5. The summed E-state index contributed by atoms with van der Waals surface area (Å²) >= 11 is 12.0. The highest BCUT2D eigenvalue weighted by molar-refractivity contribution is 6.32. The first-order chi connectivity index (χ1) is 13.0. The van der Waals surface area contributed by atoms with Crippen molar-refractivity contribution in [3.8, 4) is 17.1 Å². The number of methoxy groups -OCH3 is 1. The van der Waals surface area contributed by atoms with E-state index in [-0.39, 0.29) is 5.96 Å². The molecular weight excluding hydrogens is 389 g/mol. The van der Waals surface area contributed by atoms with Crippen molar-refractivity contribution in [1.82, 2.24) is 10.1 Å². The summed E-state index contributed by atoms with van der Waals surface area (Å²) < 4.78 is 10.3. The topological polar surface area (TPSA) is 98.6 Å². The fourth-order valence-corrected chi connectivity index (χ4v) is 2.66. The number of benzene rings is 2. The lowest BCUT2D eigenvalue weighted by molar-refractivity contribution is 0.380. The Hall–Kier alpha value is -2.77. The number of hydrogen-bond donors (Lipinski definition) is 2. The number of aliphatic imine (C=N–C) groups is 1. The Morgan fingerprint density at radius 2 is 2.00 bits per heavy atom. The van der Waals surface area contributed by atoms with E-state index in [9.17, 15) is 0 Å². The third-order valence-electron chi connectivity index (χ3n) is 3.60. The number of nitrogens with two attached hydrogens (primary N) is 1. The Morgan fingerprint density at radius 1 is 1.22 bits per heavy atom. The number of nitrogens with zero attached hydrogens (tertiary/aromatic N) is 3. The Labute approximate surface area is 166 Å². The molecule has 140 valence electrons. The molecule has 0 aliphatic rings. The molecule has 0 bridgehead atoms. The van der Waals surface area contributed by atoms with E-state index in [2.05, 4.69) is 20.4 Å². The van der Waals surface area contributed by atoms with Crippen LogP contribution in [0.5, 0.6) is 5.75 Å². The zero-order valence-corrected chi connectivity index (χ0v) is 16.0. The molecule has 0 fully saturated rings. The summed E-state index contributed by atoms with van der Waals surface area (Å²) in [7, 11) is 1.56. The van der Waals surface area contributed by atoms with Gasteiger partial charge in [0.15, 0.2) is 5.96 Å². The van der Waals surface area contributed by atoms with Gasteiger partial charge in [-0.25, -0.2) is 0 Å². The number of halogens is 2. The summed E-state index contributed by atoms with van der Waals surface area (Å²) in [5.41, 5.74) is 7.43. The predicted octanol–water partition coefficient (Wildman–Crippen LogP) is 4.02. The molecule has 0 unspecified atom stereocenters. The van der Waals surface area contributed by atoms with Crippen molar-refractivity contribution < 1.29 is 9.26 Å². The highest BCUT2D eigenvalue weighted by Gasteiger charge is 2.08. The first-order valence-corrected chi connectivity index (χ1v) is 8.80. The molecule has 0 aliphatic heterocycles. The second-order valence-corrected chi connectivity index (χ2v) is 6.35. The molecule has 9 heteroatoms. The van der Waals surface area contributed by atoms with Crippen molar-refractivity contribution in [2.45, 2.75) is 6.42 Å². The smallest absolute Gasteiger partial charge is 0.228 e. The summed E-state index contributed by atoms with van der Waals surface area (Å²) in [6.07, 6.45) is 0.465. The van der Waals surface area contributed by atoms with E-state index < -0.39 is 0 Å². The maximum Gasteiger partial charge on any atom is 0.228 e. The van der Waals surface area contributed by atoms with Crippen molar-refractivity contribution in [3.63, 3.8) is 0 Å². The van der Waals surface area contributed by atoms with Gasteiger partial charge >= 0.3 is 0 Å². The summed E-state index contributed by atoms with van der Waals surface area (Å²) in [5, 5.41) is 8.05. The monoisotopic (exact) mass is 405 g/mol. The molecule has 0 aliphatic carbocycles. The van der Waals surface area contributed by atoms with Crippen LogP contribution < -0.4 is 15.8 Å². The van der Waals surface area contributed by atoms with E-state index in [0.717, 1.165) is 5.56 Å². The van der Waals surface area contributed by atoms with Gasteiger partial charge in [-0.3, -0.25) is 4.99 Å². The van der Waals surface area contributed by atoms with Crippen LogP contribution in [0, 0.1) is 0 Å². The first kappa shape index (κ1) is 19.0. The molecule has 27 heavy (non-hydrogen) atoms. The zero-order chi connectivity index (χ0) is 19.2. The van der Waals surface area contributed by atoms with Crippen LogP contribution in [-0.4, -0.2) is 29.8 Å². The molecule has 1 aromatic heterocycles. The van der Waals surface area contributed by atoms with E-state index in [1.54, 1.807) is 37.4 Å². The van der Waals surface area contributed by atoms with Crippen molar-refractivity contribution in [2.24, 2.45) is 10.7 Å². The van der Waals surface area contributed by atoms with Crippen molar-refractivity contribution in [3.05, 3.63) is 58.4 Å². The Bertz CT molecular complexity index is 941. The molecule has 7 nitrogen and oxygen atoms in total. The van der Waals surface area contributed by atoms with Crippen LogP contribution in [0.3, 0.4) is 0 Å². The minimum absolute atomic E-state index is 0.258. The molecule has 0 atom stereocenters. The SMILES string of the molecule is COc1ccc(NC(N)=NCCc2nc(-c3ccc(Cl)cc3)no2)cc1Cl. The Morgan fingerprint density at radius 3 is 2.70 bits per heavy atom. The molecule has 0 spiro atoms. The molecule has 3 aromatic rings. The number of rotatable bonds is 6. The standard InChI is InChI=1S/C18H17Cl2N5O2/c1-26-15-7-6-13(10-14(15)20)23-18(21)22-9-8-16-24-17(25-27-16)11-2-4-12(19)5-3-11/h2-7,10H,8-9H2,1H3,(H3,21,22,23). The lowest BCUT2D eigenvalue weighted by atomic mass is 10.2. The molecule has 1 heterocycles. The molecule has 0 amide bonds.